The second kappa shape index (κ2) is 6.29. The van der Waals surface area contributed by atoms with Crippen molar-refractivity contribution in [2.24, 2.45) is 0 Å². The lowest BCUT2D eigenvalue weighted by molar-refractivity contribution is 0.0516. The van der Waals surface area contributed by atoms with Gasteiger partial charge in [0.1, 0.15) is 17.0 Å². The van der Waals surface area contributed by atoms with Gasteiger partial charge in [0.15, 0.2) is 18.3 Å². The van der Waals surface area contributed by atoms with E-state index in [9.17, 15) is 0 Å². The van der Waals surface area contributed by atoms with Crippen molar-refractivity contribution in [1.29, 1.82) is 0 Å². The fraction of sp³-hybridized carbons (Fsp3) is 0.286. The summed E-state index contributed by atoms with van der Waals surface area (Å²) in [5, 5.41) is 8.85. The number of hydrogen-bond donors (Lipinski definition) is 0. The highest BCUT2D eigenvalue weighted by molar-refractivity contribution is 7.98. The van der Waals surface area contributed by atoms with Crippen LogP contribution in [-0.2, 0) is 4.74 Å². The van der Waals surface area contributed by atoms with Gasteiger partial charge in [0.25, 0.3) is 0 Å². The van der Waals surface area contributed by atoms with Crippen molar-refractivity contribution in [2.75, 3.05) is 20.2 Å². The standard InChI is InChI=1S/C14H14N4O3S/c1-8-16-10-5-12(20-7-19-2)9(4-13(10)21-8)11-6-15-14(22-3)18-17-11/h4-6H,7H2,1-3H3. The number of fused-ring (bicyclic) bond motifs is 1. The van der Waals surface area contributed by atoms with Crippen LogP contribution in [0.4, 0.5) is 0 Å². The molecule has 0 atom stereocenters. The van der Waals surface area contributed by atoms with Crippen LogP contribution < -0.4 is 4.74 Å². The molecule has 0 saturated carbocycles. The van der Waals surface area contributed by atoms with E-state index in [1.807, 2.05) is 12.3 Å². The lowest BCUT2D eigenvalue weighted by Crippen LogP contribution is -2.01. The molecule has 0 aliphatic heterocycles. The Kier molecular flexibility index (Phi) is 4.21. The molecule has 0 amide bonds. The van der Waals surface area contributed by atoms with Gasteiger partial charge in [0.2, 0.25) is 5.16 Å². The van der Waals surface area contributed by atoms with Crippen molar-refractivity contribution in [3.05, 3.63) is 24.2 Å². The molecule has 0 fully saturated rings. The predicted octanol–water partition coefficient (Wildman–Crippen LogP) is 2.69. The minimum absolute atomic E-state index is 0.124. The number of rotatable bonds is 5. The van der Waals surface area contributed by atoms with Crippen LogP contribution in [0.15, 0.2) is 27.9 Å². The molecule has 0 aliphatic carbocycles. The van der Waals surface area contributed by atoms with E-state index in [0.29, 0.717) is 33.6 Å². The summed E-state index contributed by atoms with van der Waals surface area (Å²) >= 11 is 1.43. The molecule has 0 bridgehead atoms. The van der Waals surface area contributed by atoms with E-state index in [0.717, 1.165) is 5.56 Å². The average Bonchev–Trinajstić information content (AvgIpc) is 2.91. The zero-order valence-electron chi connectivity index (χ0n) is 12.4. The number of nitrogens with zero attached hydrogens (tertiary/aromatic N) is 4. The Labute approximate surface area is 131 Å². The summed E-state index contributed by atoms with van der Waals surface area (Å²) in [7, 11) is 1.56. The quantitative estimate of drug-likeness (QED) is 0.524. The molecule has 1 aromatic carbocycles. The molecule has 2 aromatic heterocycles. The van der Waals surface area contributed by atoms with Gasteiger partial charge in [0.05, 0.1) is 6.20 Å². The van der Waals surface area contributed by atoms with E-state index in [1.54, 1.807) is 26.3 Å². The van der Waals surface area contributed by atoms with Crippen LogP contribution in [0, 0.1) is 6.92 Å². The number of benzene rings is 1. The summed E-state index contributed by atoms with van der Waals surface area (Å²) in [6.07, 6.45) is 3.55. The van der Waals surface area contributed by atoms with Crippen LogP contribution in [0.3, 0.4) is 0 Å². The largest absolute Gasteiger partial charge is 0.467 e. The molecule has 0 N–H and O–H groups in total. The molecule has 0 unspecified atom stereocenters. The van der Waals surface area contributed by atoms with Gasteiger partial charge >= 0.3 is 0 Å². The topological polar surface area (TPSA) is 83.2 Å². The molecule has 0 saturated heterocycles. The summed E-state index contributed by atoms with van der Waals surface area (Å²) in [5.41, 5.74) is 2.70. The lowest BCUT2D eigenvalue weighted by Gasteiger charge is -2.09. The van der Waals surface area contributed by atoms with Crippen molar-refractivity contribution in [3.63, 3.8) is 0 Å². The van der Waals surface area contributed by atoms with Crippen LogP contribution >= 0.6 is 11.8 Å². The molecular weight excluding hydrogens is 304 g/mol. The van der Waals surface area contributed by atoms with Crippen LogP contribution in [0.1, 0.15) is 5.89 Å². The van der Waals surface area contributed by atoms with Crippen molar-refractivity contribution < 1.29 is 13.9 Å². The van der Waals surface area contributed by atoms with Crippen molar-refractivity contribution >= 4 is 22.9 Å². The monoisotopic (exact) mass is 318 g/mol. The zero-order chi connectivity index (χ0) is 15.5. The molecule has 0 spiro atoms. The van der Waals surface area contributed by atoms with E-state index in [1.165, 1.54) is 11.8 Å². The fourth-order valence-corrected chi connectivity index (χ4v) is 2.27. The van der Waals surface area contributed by atoms with Crippen molar-refractivity contribution in [2.45, 2.75) is 12.1 Å². The average molecular weight is 318 g/mol. The highest BCUT2D eigenvalue weighted by Gasteiger charge is 2.14. The summed E-state index contributed by atoms with van der Waals surface area (Å²) in [6, 6.07) is 3.62. The Balaban J connectivity index is 2.10. The van der Waals surface area contributed by atoms with E-state index >= 15 is 0 Å². The second-order valence-electron chi connectivity index (χ2n) is 4.43. The van der Waals surface area contributed by atoms with Gasteiger partial charge in [0, 0.05) is 25.7 Å². The highest BCUT2D eigenvalue weighted by Crippen LogP contribution is 2.33. The third-order valence-electron chi connectivity index (χ3n) is 2.93. The normalized spacial score (nSPS) is 11.0. The third-order valence-corrected chi connectivity index (χ3v) is 3.48. The van der Waals surface area contributed by atoms with Crippen molar-refractivity contribution in [1.82, 2.24) is 20.2 Å². The minimum Gasteiger partial charge on any atom is -0.467 e. The first-order valence-corrected chi connectivity index (χ1v) is 7.70. The molecule has 3 rings (SSSR count). The number of ether oxygens (including phenoxy) is 2. The van der Waals surface area contributed by atoms with Gasteiger partial charge in [-0.05, 0) is 12.3 Å². The summed E-state index contributed by atoms with van der Waals surface area (Å²) in [6.45, 7) is 1.92. The third kappa shape index (κ3) is 2.88. The van der Waals surface area contributed by atoms with Gasteiger partial charge < -0.3 is 13.9 Å². The van der Waals surface area contributed by atoms with Gasteiger partial charge in [-0.25, -0.2) is 9.97 Å². The molecule has 3 aromatic rings. The first kappa shape index (κ1) is 14.7. The Bertz CT molecular complexity index is 789. The number of aromatic nitrogens is 4. The molecule has 2 heterocycles. The van der Waals surface area contributed by atoms with Crippen molar-refractivity contribution in [3.8, 4) is 17.0 Å². The van der Waals surface area contributed by atoms with E-state index < -0.39 is 0 Å². The highest BCUT2D eigenvalue weighted by atomic mass is 32.2. The summed E-state index contributed by atoms with van der Waals surface area (Å²) in [5.74, 6) is 1.18. The maximum atomic E-state index is 5.61. The Morgan fingerprint density at radius 2 is 2.14 bits per heavy atom. The maximum Gasteiger partial charge on any atom is 0.208 e. The predicted molar refractivity (Wildman–Crippen MR) is 81.9 cm³/mol. The second-order valence-corrected chi connectivity index (χ2v) is 5.20. The summed E-state index contributed by atoms with van der Waals surface area (Å²) in [4.78, 5) is 8.54. The molecule has 0 aliphatic rings. The Morgan fingerprint density at radius 3 is 2.82 bits per heavy atom. The minimum atomic E-state index is 0.124. The maximum absolute atomic E-state index is 5.61. The molecule has 114 valence electrons. The van der Waals surface area contributed by atoms with Gasteiger partial charge in [-0.2, -0.15) is 0 Å². The van der Waals surface area contributed by atoms with Gasteiger partial charge in [-0.15, -0.1) is 10.2 Å². The number of oxazole rings is 1. The SMILES string of the molecule is COCOc1cc2nc(C)oc2cc1-c1cnc(SC)nn1. The van der Waals surface area contributed by atoms with E-state index in [-0.39, 0.29) is 6.79 Å². The summed E-state index contributed by atoms with van der Waals surface area (Å²) < 4.78 is 16.1. The van der Waals surface area contributed by atoms with E-state index in [2.05, 4.69) is 20.2 Å². The van der Waals surface area contributed by atoms with Crippen LogP contribution in [-0.4, -0.2) is 40.3 Å². The van der Waals surface area contributed by atoms with Crippen LogP contribution in [0.5, 0.6) is 5.75 Å². The van der Waals surface area contributed by atoms with Gasteiger partial charge in [-0.1, -0.05) is 11.8 Å². The smallest absolute Gasteiger partial charge is 0.208 e. The molecule has 22 heavy (non-hydrogen) atoms. The molecule has 0 radical (unpaired) electrons. The Hall–Kier alpha value is -2.19. The first-order chi connectivity index (χ1) is 10.7. The molecule has 7 nitrogen and oxygen atoms in total. The number of hydrogen-bond acceptors (Lipinski definition) is 8. The van der Waals surface area contributed by atoms with Crippen LogP contribution in [0.25, 0.3) is 22.4 Å². The first-order valence-electron chi connectivity index (χ1n) is 6.48. The Morgan fingerprint density at radius 1 is 1.27 bits per heavy atom. The van der Waals surface area contributed by atoms with Crippen LogP contribution in [0.2, 0.25) is 0 Å². The number of aryl methyl sites for hydroxylation is 1. The lowest BCUT2D eigenvalue weighted by atomic mass is 10.1. The number of thioether (sulfide) groups is 1. The fourth-order valence-electron chi connectivity index (χ4n) is 1.99. The molecular formula is C14H14N4O3S. The molecule has 8 heteroatoms. The van der Waals surface area contributed by atoms with Gasteiger partial charge in [-0.3, -0.25) is 0 Å². The van der Waals surface area contributed by atoms with E-state index in [4.69, 9.17) is 13.9 Å². The number of methoxy groups -OCH3 is 1. The zero-order valence-corrected chi connectivity index (χ0v) is 13.2.